The summed E-state index contributed by atoms with van der Waals surface area (Å²) in [6.45, 7) is 0. The van der Waals surface area contributed by atoms with Crippen LogP contribution in [0.2, 0.25) is 0 Å². The molecule has 0 heterocycles. The molecule has 1 unspecified atom stereocenters. The van der Waals surface area contributed by atoms with E-state index in [-0.39, 0.29) is 18.9 Å². The second kappa shape index (κ2) is 6.89. The molecule has 0 saturated heterocycles. The van der Waals surface area contributed by atoms with Crippen molar-refractivity contribution in [2.75, 3.05) is 5.75 Å². The van der Waals surface area contributed by atoms with Gasteiger partial charge in [0, 0.05) is 0 Å². The van der Waals surface area contributed by atoms with Crippen molar-refractivity contribution in [1.29, 1.82) is 0 Å². The predicted molar refractivity (Wildman–Crippen MR) is 39.5 cm³/mol. The third kappa shape index (κ3) is 9.31. The topological polar surface area (TPSA) is 0 Å². The molecule has 0 N–H and O–H groups in total. The molecule has 0 saturated carbocycles. The van der Waals surface area contributed by atoms with E-state index in [1.165, 1.54) is 0 Å². The van der Waals surface area contributed by atoms with E-state index in [4.69, 9.17) is 0 Å². The van der Waals surface area contributed by atoms with E-state index in [2.05, 4.69) is 25.3 Å². The van der Waals surface area contributed by atoms with Crippen LogP contribution in [0.25, 0.3) is 0 Å². The molecule has 0 bridgehead atoms. The molecule has 0 spiro atoms. The van der Waals surface area contributed by atoms with Crippen molar-refractivity contribution < 1.29 is 0 Å². The first-order chi connectivity index (χ1) is 2.27. The second-order valence-electron chi connectivity index (χ2n) is 1.03. The maximum absolute atomic E-state index is 4.02. The van der Waals surface area contributed by atoms with Gasteiger partial charge in [0.1, 0.15) is 0 Å². The molecular formula is C2H6Li2S2. The van der Waals surface area contributed by atoms with Crippen LogP contribution in [-0.2, 0) is 0 Å². The summed E-state index contributed by atoms with van der Waals surface area (Å²) >= 11 is 9.97. The maximum atomic E-state index is 4.02. The predicted octanol–water partition coefficient (Wildman–Crippen LogP) is -0.308. The third-order valence-electron chi connectivity index (χ3n) is 0.264. The van der Waals surface area contributed by atoms with Crippen LogP contribution >= 0.6 is 25.3 Å². The van der Waals surface area contributed by atoms with Crippen molar-refractivity contribution in [3.8, 4) is 0 Å². The molecule has 0 aliphatic heterocycles. The van der Waals surface area contributed by atoms with Crippen molar-refractivity contribution in [2.24, 2.45) is 0 Å². The van der Waals surface area contributed by atoms with Gasteiger partial charge in [0.2, 0.25) is 0 Å². The van der Waals surface area contributed by atoms with Crippen LogP contribution in [0.3, 0.4) is 0 Å². The first-order valence-corrected chi connectivity index (χ1v) is 2.71. The van der Waals surface area contributed by atoms with E-state index in [9.17, 15) is 0 Å². The number of thiol groups is 2. The van der Waals surface area contributed by atoms with Gasteiger partial charge in [0.25, 0.3) is 0 Å². The molecule has 0 aromatic rings. The average molecular weight is 108 g/mol. The minimum absolute atomic E-state index is 0. The van der Waals surface area contributed by atoms with Gasteiger partial charge in [-0.05, 0) is 0 Å². The second-order valence-corrected chi connectivity index (χ2v) is 2.28. The van der Waals surface area contributed by atoms with Gasteiger partial charge >= 0.3 is 71.5 Å². The average Bonchev–Trinajstić information content (AvgIpc) is 1.38. The molecule has 4 heteroatoms. The van der Waals surface area contributed by atoms with Crippen LogP contribution in [0.4, 0.5) is 0 Å². The zero-order valence-electron chi connectivity index (χ0n) is 3.18. The van der Waals surface area contributed by atoms with Crippen molar-refractivity contribution in [1.82, 2.24) is 0 Å². The molecule has 0 radical (unpaired) electrons. The first kappa shape index (κ1) is 10.8. The number of rotatable bonds is 1. The summed E-state index contributed by atoms with van der Waals surface area (Å²) in [5.41, 5.74) is 0. The zero-order chi connectivity index (χ0) is 4.28. The summed E-state index contributed by atoms with van der Waals surface area (Å²) in [7, 11) is 0. The van der Waals surface area contributed by atoms with Crippen molar-refractivity contribution in [3.05, 3.63) is 0 Å². The van der Waals surface area contributed by atoms with Crippen molar-refractivity contribution >= 4 is 61.8 Å². The summed E-state index contributed by atoms with van der Waals surface area (Å²) in [5, 5.41) is 0. The Bertz CT molecular complexity index is 23.5. The number of hydrogen-bond acceptors (Lipinski definition) is 2. The van der Waals surface area contributed by atoms with Gasteiger partial charge in [0.15, 0.2) is 0 Å². The Morgan fingerprint density at radius 2 is 1.83 bits per heavy atom. The van der Waals surface area contributed by atoms with Crippen LogP contribution in [0.15, 0.2) is 0 Å². The van der Waals surface area contributed by atoms with Crippen molar-refractivity contribution in [3.63, 3.8) is 0 Å². The molecule has 0 aliphatic rings. The SMILES string of the molecule is [LiH].[Li][CH](S)CS. The van der Waals surface area contributed by atoms with E-state index < -0.39 is 0 Å². The minimum atomic E-state index is 0. The Labute approximate surface area is 71.0 Å². The van der Waals surface area contributed by atoms with Gasteiger partial charge in [-0.2, -0.15) is 0 Å². The van der Waals surface area contributed by atoms with Gasteiger partial charge in [-0.3, -0.25) is 0 Å². The van der Waals surface area contributed by atoms with E-state index in [1.807, 2.05) is 17.7 Å². The Kier molecular flexibility index (Phi) is 12.4. The van der Waals surface area contributed by atoms with E-state index in [0.29, 0.717) is 3.92 Å². The summed E-state index contributed by atoms with van der Waals surface area (Å²) < 4.78 is 0.443. The van der Waals surface area contributed by atoms with E-state index in [0.717, 1.165) is 5.75 Å². The molecule has 0 rings (SSSR count). The van der Waals surface area contributed by atoms with E-state index >= 15 is 0 Å². The molecule has 0 aromatic carbocycles. The molecule has 0 fully saturated rings. The normalized spacial score (nSPS) is 12.7. The van der Waals surface area contributed by atoms with E-state index in [1.54, 1.807) is 0 Å². The summed E-state index contributed by atoms with van der Waals surface area (Å²) in [4.78, 5) is 0. The molecule has 0 aromatic heterocycles. The van der Waals surface area contributed by atoms with Gasteiger partial charge in [-0.1, -0.05) is 0 Å². The third-order valence-corrected chi connectivity index (χ3v) is 1.28. The van der Waals surface area contributed by atoms with Crippen LogP contribution in [0.1, 0.15) is 0 Å². The first-order valence-electron chi connectivity index (χ1n) is 1.56. The summed E-state index contributed by atoms with van der Waals surface area (Å²) in [6.07, 6.45) is 0. The van der Waals surface area contributed by atoms with Crippen LogP contribution in [0, 0.1) is 0 Å². The van der Waals surface area contributed by atoms with Crippen LogP contribution in [0.5, 0.6) is 0 Å². The van der Waals surface area contributed by atoms with Crippen molar-refractivity contribution in [2.45, 2.75) is 3.92 Å². The molecule has 0 amide bonds. The van der Waals surface area contributed by atoms with Crippen LogP contribution < -0.4 is 0 Å². The molecule has 6 heavy (non-hydrogen) atoms. The Balaban J connectivity index is 0. The quantitative estimate of drug-likeness (QED) is 0.334. The van der Waals surface area contributed by atoms with Gasteiger partial charge in [-0.15, -0.1) is 0 Å². The fraction of sp³-hybridized carbons (Fsp3) is 1.00. The zero-order valence-corrected chi connectivity index (χ0v) is 4.97. The monoisotopic (exact) mass is 108 g/mol. The van der Waals surface area contributed by atoms with Gasteiger partial charge < -0.3 is 0 Å². The molecular weight excluding hydrogens is 102 g/mol. The fourth-order valence-corrected chi connectivity index (χ4v) is 0. The van der Waals surface area contributed by atoms with Crippen LogP contribution in [-0.4, -0.2) is 46.3 Å². The Morgan fingerprint density at radius 3 is 1.83 bits per heavy atom. The fourth-order valence-electron chi connectivity index (χ4n) is 0. The molecule has 0 aliphatic carbocycles. The molecule has 0 nitrogen and oxygen atoms in total. The standard InChI is InChI=1S/C2H5S2.2Li.H/c3-1-2-4;;;/h1,3-4H,2H2;;;. The molecule has 1 atom stereocenters. The Hall–Kier alpha value is 1.89. The summed E-state index contributed by atoms with van der Waals surface area (Å²) in [6, 6.07) is 0. The summed E-state index contributed by atoms with van der Waals surface area (Å²) in [5.74, 6) is 0.864. The number of hydrogen-bond donors (Lipinski definition) is 2. The molecule has 28 valence electrons. The Morgan fingerprint density at radius 1 is 1.67 bits per heavy atom. The van der Waals surface area contributed by atoms with Gasteiger partial charge in [-0.25, -0.2) is 0 Å². The van der Waals surface area contributed by atoms with Gasteiger partial charge in [0.05, 0.1) is 0 Å².